The SMILES string of the molecule is Cc1nn(Cc2noc(C(=O)NCC(O)c3ccccc3)n2)c(C)c1Br. The van der Waals surface area contributed by atoms with Gasteiger partial charge in [0.15, 0.2) is 5.82 Å². The molecule has 1 atom stereocenters. The van der Waals surface area contributed by atoms with Gasteiger partial charge in [-0.05, 0) is 35.3 Å². The minimum atomic E-state index is -0.811. The van der Waals surface area contributed by atoms with Gasteiger partial charge in [0.2, 0.25) is 0 Å². The maximum Gasteiger partial charge on any atom is 0.316 e. The summed E-state index contributed by atoms with van der Waals surface area (Å²) < 4.78 is 7.66. The molecule has 1 aromatic carbocycles. The van der Waals surface area contributed by atoms with E-state index in [1.807, 2.05) is 32.0 Å². The van der Waals surface area contributed by atoms with Gasteiger partial charge in [-0.15, -0.1) is 0 Å². The molecular weight excluding hydrogens is 402 g/mol. The van der Waals surface area contributed by atoms with E-state index in [-0.39, 0.29) is 12.4 Å². The van der Waals surface area contributed by atoms with Crippen molar-refractivity contribution in [1.29, 1.82) is 0 Å². The molecule has 2 heterocycles. The van der Waals surface area contributed by atoms with Gasteiger partial charge in [-0.2, -0.15) is 10.1 Å². The summed E-state index contributed by atoms with van der Waals surface area (Å²) in [6, 6.07) is 9.07. The molecule has 26 heavy (non-hydrogen) atoms. The van der Waals surface area contributed by atoms with Gasteiger partial charge in [-0.25, -0.2) is 0 Å². The fourth-order valence-electron chi connectivity index (χ4n) is 2.43. The van der Waals surface area contributed by atoms with Crippen LogP contribution in [0.5, 0.6) is 0 Å². The van der Waals surface area contributed by atoms with Crippen molar-refractivity contribution < 1.29 is 14.4 Å². The number of nitrogens with one attached hydrogen (secondary N) is 1. The van der Waals surface area contributed by atoms with E-state index in [4.69, 9.17) is 4.52 Å². The third-order valence-corrected chi connectivity index (χ3v) is 5.03. The van der Waals surface area contributed by atoms with E-state index in [0.29, 0.717) is 17.9 Å². The summed E-state index contributed by atoms with van der Waals surface area (Å²) in [6.45, 7) is 4.15. The predicted molar refractivity (Wildman–Crippen MR) is 96.5 cm³/mol. The molecule has 0 aliphatic heterocycles. The molecular formula is C17H18BrN5O3. The number of hydrogen-bond acceptors (Lipinski definition) is 6. The lowest BCUT2D eigenvalue weighted by Crippen LogP contribution is -2.28. The molecule has 0 bridgehead atoms. The van der Waals surface area contributed by atoms with Crippen LogP contribution in [0.15, 0.2) is 39.3 Å². The molecule has 8 nitrogen and oxygen atoms in total. The second kappa shape index (κ2) is 7.79. The highest BCUT2D eigenvalue weighted by Crippen LogP contribution is 2.20. The van der Waals surface area contributed by atoms with E-state index < -0.39 is 12.0 Å². The Labute approximate surface area is 158 Å². The van der Waals surface area contributed by atoms with Crippen LogP contribution in [0.3, 0.4) is 0 Å². The number of nitrogens with zero attached hydrogens (tertiary/aromatic N) is 4. The van der Waals surface area contributed by atoms with Crippen LogP contribution in [-0.4, -0.2) is 37.5 Å². The van der Waals surface area contributed by atoms with Crippen molar-refractivity contribution in [2.45, 2.75) is 26.5 Å². The maximum atomic E-state index is 12.1. The highest BCUT2D eigenvalue weighted by atomic mass is 79.9. The molecule has 2 N–H and O–H groups in total. The quantitative estimate of drug-likeness (QED) is 0.633. The highest BCUT2D eigenvalue weighted by molar-refractivity contribution is 9.10. The maximum absolute atomic E-state index is 12.1. The van der Waals surface area contributed by atoms with Crippen LogP contribution < -0.4 is 5.32 Å². The molecule has 2 aromatic heterocycles. The minimum absolute atomic E-state index is 0.0466. The van der Waals surface area contributed by atoms with E-state index in [0.717, 1.165) is 15.9 Å². The van der Waals surface area contributed by atoms with Crippen LogP contribution in [-0.2, 0) is 6.54 Å². The van der Waals surface area contributed by atoms with Crippen molar-refractivity contribution in [3.63, 3.8) is 0 Å². The first-order chi connectivity index (χ1) is 12.5. The molecule has 0 saturated carbocycles. The van der Waals surface area contributed by atoms with Crippen LogP contribution in [0.1, 0.15) is 39.6 Å². The second-order valence-corrected chi connectivity index (χ2v) is 6.59. The van der Waals surface area contributed by atoms with Crippen molar-refractivity contribution in [2.24, 2.45) is 0 Å². The fourth-order valence-corrected chi connectivity index (χ4v) is 2.72. The summed E-state index contributed by atoms with van der Waals surface area (Å²) in [4.78, 5) is 16.2. The third-order valence-electron chi connectivity index (χ3n) is 3.89. The highest BCUT2D eigenvalue weighted by Gasteiger charge is 2.18. The Kier molecular flexibility index (Phi) is 5.48. The first-order valence-corrected chi connectivity index (χ1v) is 8.78. The second-order valence-electron chi connectivity index (χ2n) is 5.79. The van der Waals surface area contributed by atoms with Crippen LogP contribution in [0.2, 0.25) is 0 Å². The van der Waals surface area contributed by atoms with Gasteiger partial charge in [-0.1, -0.05) is 35.5 Å². The Morgan fingerprint density at radius 1 is 1.35 bits per heavy atom. The number of amides is 1. The number of benzene rings is 1. The number of aromatic nitrogens is 4. The predicted octanol–water partition coefficient (Wildman–Crippen LogP) is 2.16. The number of rotatable bonds is 6. The summed E-state index contributed by atoms with van der Waals surface area (Å²) in [6.07, 6.45) is -0.811. The Balaban J connectivity index is 1.60. The van der Waals surface area contributed by atoms with Crippen molar-refractivity contribution in [3.05, 3.63) is 63.5 Å². The first kappa shape index (κ1) is 18.3. The normalized spacial score (nSPS) is 12.2. The molecule has 0 spiro atoms. The van der Waals surface area contributed by atoms with Crippen molar-refractivity contribution in [1.82, 2.24) is 25.2 Å². The summed E-state index contributed by atoms with van der Waals surface area (Å²) in [7, 11) is 0. The summed E-state index contributed by atoms with van der Waals surface area (Å²) in [5, 5.41) is 20.8. The van der Waals surface area contributed by atoms with E-state index in [2.05, 4.69) is 36.5 Å². The van der Waals surface area contributed by atoms with Crippen molar-refractivity contribution in [2.75, 3.05) is 6.54 Å². The fraction of sp³-hybridized carbons (Fsp3) is 0.294. The minimum Gasteiger partial charge on any atom is -0.387 e. The molecule has 1 unspecified atom stereocenters. The molecule has 3 aromatic rings. The molecule has 0 fully saturated rings. The van der Waals surface area contributed by atoms with Crippen LogP contribution >= 0.6 is 15.9 Å². The van der Waals surface area contributed by atoms with Gasteiger partial charge in [0.05, 0.1) is 22.0 Å². The monoisotopic (exact) mass is 419 g/mol. The van der Waals surface area contributed by atoms with Crippen LogP contribution in [0, 0.1) is 13.8 Å². The first-order valence-electron chi connectivity index (χ1n) is 7.99. The van der Waals surface area contributed by atoms with E-state index >= 15 is 0 Å². The number of aliphatic hydroxyl groups is 1. The number of carbonyl (C=O) groups excluding carboxylic acids is 1. The lowest BCUT2D eigenvalue weighted by Gasteiger charge is -2.10. The molecule has 3 rings (SSSR count). The molecule has 9 heteroatoms. The van der Waals surface area contributed by atoms with Gasteiger partial charge >= 0.3 is 11.8 Å². The average Bonchev–Trinajstić information content (AvgIpc) is 3.21. The summed E-state index contributed by atoms with van der Waals surface area (Å²) in [5.41, 5.74) is 2.51. The van der Waals surface area contributed by atoms with Crippen molar-refractivity contribution >= 4 is 21.8 Å². The molecule has 0 saturated heterocycles. The number of carbonyl (C=O) groups is 1. The zero-order valence-electron chi connectivity index (χ0n) is 14.3. The zero-order valence-corrected chi connectivity index (χ0v) is 15.9. The average molecular weight is 420 g/mol. The molecule has 0 radical (unpaired) electrons. The molecule has 136 valence electrons. The lowest BCUT2D eigenvalue weighted by atomic mass is 10.1. The van der Waals surface area contributed by atoms with E-state index in [1.54, 1.807) is 16.8 Å². The summed E-state index contributed by atoms with van der Waals surface area (Å²) in [5.74, 6) is -0.342. The van der Waals surface area contributed by atoms with Crippen LogP contribution in [0.25, 0.3) is 0 Å². The van der Waals surface area contributed by atoms with Gasteiger partial charge in [0.1, 0.15) is 6.54 Å². The van der Waals surface area contributed by atoms with E-state index in [1.165, 1.54) is 0 Å². The summed E-state index contributed by atoms with van der Waals surface area (Å²) >= 11 is 3.46. The lowest BCUT2D eigenvalue weighted by molar-refractivity contribution is 0.0873. The Bertz CT molecular complexity index is 907. The van der Waals surface area contributed by atoms with Crippen LogP contribution in [0.4, 0.5) is 0 Å². The van der Waals surface area contributed by atoms with E-state index in [9.17, 15) is 9.90 Å². The third kappa shape index (κ3) is 4.00. The van der Waals surface area contributed by atoms with Gasteiger partial charge < -0.3 is 14.9 Å². The number of aliphatic hydroxyl groups excluding tert-OH is 1. The van der Waals surface area contributed by atoms with Crippen molar-refractivity contribution in [3.8, 4) is 0 Å². The molecule has 1 amide bonds. The number of halogens is 1. The Morgan fingerprint density at radius 2 is 2.08 bits per heavy atom. The molecule has 0 aliphatic rings. The smallest absolute Gasteiger partial charge is 0.316 e. The number of hydrogen-bond donors (Lipinski definition) is 2. The van der Waals surface area contributed by atoms with Gasteiger partial charge in [0.25, 0.3) is 0 Å². The standard InChI is InChI=1S/C17H18BrN5O3/c1-10-15(18)11(2)23(21-10)9-14-20-17(26-22-14)16(25)19-8-13(24)12-6-4-3-5-7-12/h3-7,13,24H,8-9H2,1-2H3,(H,19,25). The largest absolute Gasteiger partial charge is 0.387 e. The number of aryl methyl sites for hydroxylation is 1. The Morgan fingerprint density at radius 3 is 2.73 bits per heavy atom. The van der Waals surface area contributed by atoms with Gasteiger partial charge in [-0.3, -0.25) is 9.48 Å². The topological polar surface area (TPSA) is 106 Å². The molecule has 0 aliphatic carbocycles. The Hall–Kier alpha value is -2.52. The van der Waals surface area contributed by atoms with Gasteiger partial charge in [0, 0.05) is 6.54 Å². The zero-order chi connectivity index (χ0) is 18.7.